The minimum atomic E-state index is -0.845. The van der Waals surface area contributed by atoms with E-state index >= 15 is 0 Å². The second-order valence-electron chi connectivity index (χ2n) is 3.39. The van der Waals surface area contributed by atoms with E-state index in [9.17, 15) is 20.0 Å². The van der Waals surface area contributed by atoms with Gasteiger partial charge < -0.3 is 15.6 Å². The van der Waals surface area contributed by atoms with Crippen LogP contribution in [0.1, 0.15) is 18.0 Å². The molecule has 3 N–H and O–H groups in total. The number of phenolic OH excluding ortho intramolecular Hbond substituents is 1. The molecular formula is C10H13ClN2O5. The fraction of sp³-hybridized carbons (Fsp3) is 0.300. The molecule has 0 aliphatic heterocycles. The first-order valence-corrected chi connectivity index (χ1v) is 4.75. The number of nitrogens with two attached hydrogens (primary N) is 1. The van der Waals surface area contributed by atoms with Gasteiger partial charge in [0.1, 0.15) is 5.75 Å². The summed E-state index contributed by atoms with van der Waals surface area (Å²) in [5.74, 6) is -0.740. The number of phenols is 1. The van der Waals surface area contributed by atoms with Crippen LogP contribution in [0.5, 0.6) is 5.75 Å². The number of hydrogen-bond acceptors (Lipinski definition) is 6. The zero-order chi connectivity index (χ0) is 13.0. The van der Waals surface area contributed by atoms with E-state index in [2.05, 4.69) is 4.74 Å². The molecule has 8 heteroatoms. The highest BCUT2D eigenvalue weighted by Crippen LogP contribution is 2.28. The van der Waals surface area contributed by atoms with Crippen molar-refractivity contribution < 1.29 is 19.6 Å². The predicted molar refractivity (Wildman–Crippen MR) is 65.6 cm³/mol. The maximum atomic E-state index is 11.0. The molecule has 0 aliphatic rings. The standard InChI is InChI=1S/C10H12N2O5.ClH/c1-17-10(14)5-8(11)7-4-6(12(15)16)2-3-9(7)13;/h2-4,8,13H,5,11H2,1H3;1H/t8-;/m1./s1. The number of rotatable bonds is 4. The van der Waals surface area contributed by atoms with Gasteiger partial charge in [0.25, 0.3) is 5.69 Å². The van der Waals surface area contributed by atoms with Crippen LogP contribution in [0, 0.1) is 10.1 Å². The molecule has 0 amide bonds. The summed E-state index contributed by atoms with van der Waals surface area (Å²) in [6.45, 7) is 0. The van der Waals surface area contributed by atoms with E-state index in [0.717, 1.165) is 12.1 Å². The van der Waals surface area contributed by atoms with Crippen molar-refractivity contribution in [2.24, 2.45) is 5.73 Å². The van der Waals surface area contributed by atoms with Crippen molar-refractivity contribution in [3.8, 4) is 5.75 Å². The predicted octanol–water partition coefficient (Wildman–Crippen LogP) is 1.29. The third-order valence-corrected chi connectivity index (χ3v) is 2.24. The number of methoxy groups -OCH3 is 1. The minimum Gasteiger partial charge on any atom is -0.508 e. The van der Waals surface area contributed by atoms with Gasteiger partial charge in [0, 0.05) is 23.7 Å². The van der Waals surface area contributed by atoms with Crippen molar-refractivity contribution in [2.45, 2.75) is 12.5 Å². The van der Waals surface area contributed by atoms with E-state index in [-0.39, 0.29) is 35.8 Å². The van der Waals surface area contributed by atoms with Gasteiger partial charge in [-0.3, -0.25) is 14.9 Å². The van der Waals surface area contributed by atoms with Crippen molar-refractivity contribution >= 4 is 24.1 Å². The van der Waals surface area contributed by atoms with Gasteiger partial charge in [-0.1, -0.05) is 0 Å². The summed E-state index contributed by atoms with van der Waals surface area (Å²) in [7, 11) is 1.21. The molecule has 0 saturated carbocycles. The largest absolute Gasteiger partial charge is 0.508 e. The monoisotopic (exact) mass is 276 g/mol. The Morgan fingerprint density at radius 2 is 2.22 bits per heavy atom. The molecule has 0 aliphatic carbocycles. The van der Waals surface area contributed by atoms with Gasteiger partial charge >= 0.3 is 5.97 Å². The summed E-state index contributed by atoms with van der Waals surface area (Å²) in [5, 5.41) is 20.1. The van der Waals surface area contributed by atoms with Crippen molar-refractivity contribution in [3.63, 3.8) is 0 Å². The molecule has 0 unspecified atom stereocenters. The number of aromatic hydroxyl groups is 1. The fourth-order valence-electron chi connectivity index (χ4n) is 1.33. The van der Waals surface area contributed by atoms with Gasteiger partial charge in [0.05, 0.1) is 18.5 Å². The lowest BCUT2D eigenvalue weighted by Gasteiger charge is -2.11. The summed E-state index contributed by atoms with van der Waals surface area (Å²) in [6.07, 6.45) is -0.161. The summed E-state index contributed by atoms with van der Waals surface area (Å²) in [6, 6.07) is 2.62. The van der Waals surface area contributed by atoms with Crippen molar-refractivity contribution in [1.29, 1.82) is 0 Å². The van der Waals surface area contributed by atoms with E-state index in [4.69, 9.17) is 5.73 Å². The topological polar surface area (TPSA) is 116 Å². The molecule has 1 atom stereocenters. The van der Waals surface area contributed by atoms with Crippen molar-refractivity contribution in [2.75, 3.05) is 7.11 Å². The molecular weight excluding hydrogens is 264 g/mol. The third kappa shape index (κ3) is 3.86. The third-order valence-electron chi connectivity index (χ3n) is 2.24. The van der Waals surface area contributed by atoms with Crippen molar-refractivity contribution in [1.82, 2.24) is 0 Å². The molecule has 0 saturated heterocycles. The van der Waals surface area contributed by atoms with Crippen LogP contribution in [0.15, 0.2) is 18.2 Å². The molecule has 100 valence electrons. The highest BCUT2D eigenvalue weighted by molar-refractivity contribution is 5.85. The molecule has 0 bridgehead atoms. The molecule has 0 spiro atoms. The van der Waals surface area contributed by atoms with Crippen LogP contribution in [0.3, 0.4) is 0 Å². The van der Waals surface area contributed by atoms with Crippen molar-refractivity contribution in [3.05, 3.63) is 33.9 Å². The van der Waals surface area contributed by atoms with Crippen LogP contribution in [0.2, 0.25) is 0 Å². The van der Waals surface area contributed by atoms with Gasteiger partial charge in [-0.2, -0.15) is 0 Å². The van der Waals surface area contributed by atoms with Crippen LogP contribution >= 0.6 is 12.4 Å². The van der Waals surface area contributed by atoms with Crippen LogP contribution in [-0.4, -0.2) is 23.1 Å². The number of non-ortho nitro benzene ring substituents is 1. The Hall–Kier alpha value is -1.86. The summed E-state index contributed by atoms with van der Waals surface area (Å²) >= 11 is 0. The lowest BCUT2D eigenvalue weighted by atomic mass is 10.0. The molecule has 1 aromatic carbocycles. The van der Waals surface area contributed by atoms with E-state index in [1.807, 2.05) is 0 Å². The second-order valence-corrected chi connectivity index (χ2v) is 3.39. The molecule has 0 fully saturated rings. The van der Waals surface area contributed by atoms with E-state index < -0.39 is 16.9 Å². The first-order valence-electron chi connectivity index (χ1n) is 4.75. The maximum Gasteiger partial charge on any atom is 0.307 e. The smallest absolute Gasteiger partial charge is 0.307 e. The minimum absolute atomic E-state index is 0. The first kappa shape index (κ1) is 16.1. The summed E-state index contributed by atoms with van der Waals surface area (Å²) in [5.41, 5.74) is 5.60. The number of carbonyl (C=O) groups excluding carboxylic acids is 1. The normalized spacial score (nSPS) is 11.2. The number of carbonyl (C=O) groups is 1. The Morgan fingerprint density at radius 3 is 2.72 bits per heavy atom. The van der Waals surface area contributed by atoms with E-state index in [1.165, 1.54) is 13.2 Å². The molecule has 18 heavy (non-hydrogen) atoms. The number of halogens is 1. The Morgan fingerprint density at radius 1 is 1.61 bits per heavy atom. The summed E-state index contributed by atoms with van der Waals surface area (Å²) in [4.78, 5) is 21.0. The molecule has 0 aromatic heterocycles. The average Bonchev–Trinajstić information content (AvgIpc) is 2.28. The molecule has 1 aromatic rings. The van der Waals surface area contributed by atoms with Gasteiger partial charge in [0.15, 0.2) is 0 Å². The molecule has 0 heterocycles. The fourth-order valence-corrected chi connectivity index (χ4v) is 1.33. The first-order chi connectivity index (χ1) is 7.95. The molecule has 7 nitrogen and oxygen atoms in total. The SMILES string of the molecule is COC(=O)C[C@@H](N)c1cc([N+](=O)[O-])ccc1O.Cl. The van der Waals surface area contributed by atoms with Crippen LogP contribution < -0.4 is 5.73 Å². The number of nitrogens with zero attached hydrogens (tertiary/aromatic N) is 1. The van der Waals surface area contributed by atoms with Gasteiger partial charge in [-0.25, -0.2) is 0 Å². The Labute approximate surface area is 109 Å². The summed E-state index contributed by atoms with van der Waals surface area (Å²) < 4.78 is 4.43. The number of benzene rings is 1. The lowest BCUT2D eigenvalue weighted by Crippen LogP contribution is -2.16. The zero-order valence-electron chi connectivity index (χ0n) is 9.53. The quantitative estimate of drug-likeness (QED) is 0.486. The highest BCUT2D eigenvalue weighted by Gasteiger charge is 2.18. The Kier molecular flexibility index (Phi) is 6.07. The number of esters is 1. The Bertz CT molecular complexity index is 452. The average molecular weight is 277 g/mol. The number of nitro groups is 1. The number of hydrogen-bond donors (Lipinski definition) is 2. The van der Waals surface area contributed by atoms with E-state index in [1.54, 1.807) is 0 Å². The lowest BCUT2D eigenvalue weighted by molar-refractivity contribution is -0.385. The molecule has 1 rings (SSSR count). The van der Waals surface area contributed by atoms with Gasteiger partial charge in [-0.05, 0) is 6.07 Å². The molecule has 0 radical (unpaired) electrons. The zero-order valence-corrected chi connectivity index (χ0v) is 10.3. The number of ether oxygens (including phenoxy) is 1. The van der Waals surface area contributed by atoms with Crippen LogP contribution in [0.4, 0.5) is 5.69 Å². The second kappa shape index (κ2) is 6.77. The van der Waals surface area contributed by atoms with E-state index in [0.29, 0.717) is 0 Å². The highest BCUT2D eigenvalue weighted by atomic mass is 35.5. The van der Waals surface area contributed by atoms with Crippen LogP contribution in [-0.2, 0) is 9.53 Å². The van der Waals surface area contributed by atoms with Gasteiger partial charge in [0.2, 0.25) is 0 Å². The van der Waals surface area contributed by atoms with Gasteiger partial charge in [-0.15, -0.1) is 12.4 Å². The number of nitro benzene ring substituents is 1. The van der Waals surface area contributed by atoms with Crippen LogP contribution in [0.25, 0.3) is 0 Å². The maximum absolute atomic E-state index is 11.0. The Balaban J connectivity index is 0.00000289.